The fourth-order valence-corrected chi connectivity index (χ4v) is 5.48. The lowest BCUT2D eigenvalue weighted by atomic mass is 10.2. The Morgan fingerprint density at radius 2 is 1.73 bits per heavy atom. The molecule has 112 valence electrons. The van der Waals surface area contributed by atoms with Crippen molar-refractivity contribution in [1.82, 2.24) is 4.98 Å². The Morgan fingerprint density at radius 1 is 1.00 bits per heavy atom. The molecule has 3 aromatic rings. The highest BCUT2D eigenvalue weighted by molar-refractivity contribution is 9.10. The second kappa shape index (κ2) is 6.40. The van der Waals surface area contributed by atoms with E-state index in [0.29, 0.717) is 4.90 Å². The average Bonchev–Trinajstić information content (AvgIpc) is 2.49. The summed E-state index contributed by atoms with van der Waals surface area (Å²) in [6.07, 6.45) is 1.67. The summed E-state index contributed by atoms with van der Waals surface area (Å²) < 4.78 is 25.8. The molecule has 0 amide bonds. The van der Waals surface area contributed by atoms with Crippen molar-refractivity contribution in [3.63, 3.8) is 0 Å². The number of fused-ring (bicyclic) bond motifs is 1. The molecule has 0 saturated heterocycles. The van der Waals surface area contributed by atoms with Gasteiger partial charge in [0.05, 0.1) is 11.3 Å². The number of aromatic nitrogens is 1. The van der Waals surface area contributed by atoms with Gasteiger partial charge in [-0.05, 0) is 29.8 Å². The minimum atomic E-state index is -3.33. The molecule has 0 fully saturated rings. The molecule has 0 aliphatic heterocycles. The summed E-state index contributed by atoms with van der Waals surface area (Å²) in [7, 11) is -2.46. The highest BCUT2D eigenvalue weighted by atomic mass is 79.9. The molecule has 0 atom stereocenters. The number of rotatable bonds is 4. The molecule has 0 spiro atoms. The molecule has 22 heavy (non-hydrogen) atoms. The number of nitrogens with zero attached hydrogens (tertiary/aromatic N) is 1. The van der Waals surface area contributed by atoms with Gasteiger partial charge in [-0.1, -0.05) is 46.3 Å². The Bertz CT molecular complexity index is 904. The van der Waals surface area contributed by atoms with Crippen LogP contribution in [0.15, 0.2) is 70.2 Å². The lowest BCUT2D eigenvalue weighted by molar-refractivity contribution is 0.610. The standard InChI is InChI=1S/C16H12BrNO2S2/c17-14-8-6-12(7-9-14)11-22(19,20)21-15-5-1-3-13-4-2-10-18-16(13)15/h1-10H,11H2. The molecule has 0 saturated carbocycles. The number of hydrogen-bond donors (Lipinski definition) is 0. The van der Waals surface area contributed by atoms with Crippen molar-refractivity contribution in [2.45, 2.75) is 10.6 Å². The molecule has 1 aromatic heterocycles. The average molecular weight is 394 g/mol. The maximum atomic E-state index is 12.4. The third kappa shape index (κ3) is 3.69. The fourth-order valence-electron chi connectivity index (χ4n) is 2.09. The van der Waals surface area contributed by atoms with E-state index in [1.807, 2.05) is 48.5 Å². The van der Waals surface area contributed by atoms with Crippen LogP contribution in [0, 0.1) is 0 Å². The molecule has 3 rings (SSSR count). The first-order valence-corrected chi connectivity index (χ1v) is 10.3. The summed E-state index contributed by atoms with van der Waals surface area (Å²) in [5.41, 5.74) is 1.48. The summed E-state index contributed by atoms with van der Waals surface area (Å²) in [6.45, 7) is 0. The zero-order valence-corrected chi connectivity index (χ0v) is 14.7. The molecule has 0 unspecified atom stereocenters. The first-order valence-electron chi connectivity index (χ1n) is 6.54. The Hall–Kier alpha value is -1.37. The Kier molecular flexibility index (Phi) is 4.52. The number of para-hydroxylation sites is 1. The highest BCUT2D eigenvalue weighted by Crippen LogP contribution is 2.32. The van der Waals surface area contributed by atoms with Gasteiger partial charge >= 0.3 is 0 Å². The summed E-state index contributed by atoms with van der Waals surface area (Å²) in [5, 5.41) is 0.936. The van der Waals surface area contributed by atoms with Gasteiger partial charge in [0, 0.05) is 31.7 Å². The molecule has 0 bridgehead atoms. The van der Waals surface area contributed by atoms with E-state index in [9.17, 15) is 8.42 Å². The third-order valence-electron chi connectivity index (χ3n) is 3.07. The van der Waals surface area contributed by atoms with Crippen LogP contribution in [0.3, 0.4) is 0 Å². The highest BCUT2D eigenvalue weighted by Gasteiger charge is 2.16. The predicted molar refractivity (Wildman–Crippen MR) is 94.4 cm³/mol. The molecule has 0 aliphatic rings. The maximum absolute atomic E-state index is 12.4. The summed E-state index contributed by atoms with van der Waals surface area (Å²) in [6, 6.07) is 16.6. The molecular weight excluding hydrogens is 382 g/mol. The first kappa shape index (κ1) is 15.5. The maximum Gasteiger partial charge on any atom is 0.210 e. The van der Waals surface area contributed by atoms with Crippen LogP contribution in [-0.2, 0) is 14.6 Å². The Labute approximate surface area is 141 Å². The fraction of sp³-hybridized carbons (Fsp3) is 0.0625. The smallest absolute Gasteiger partial charge is 0.210 e. The van der Waals surface area contributed by atoms with Crippen molar-refractivity contribution < 1.29 is 8.42 Å². The van der Waals surface area contributed by atoms with Crippen molar-refractivity contribution in [1.29, 1.82) is 0 Å². The number of benzene rings is 2. The van der Waals surface area contributed by atoms with E-state index < -0.39 is 8.87 Å². The quantitative estimate of drug-likeness (QED) is 0.606. The molecule has 3 nitrogen and oxygen atoms in total. The van der Waals surface area contributed by atoms with Gasteiger partial charge in [0.2, 0.25) is 8.87 Å². The zero-order valence-electron chi connectivity index (χ0n) is 11.4. The van der Waals surface area contributed by atoms with Gasteiger partial charge in [0.1, 0.15) is 0 Å². The SMILES string of the molecule is O=S(=O)(Cc1ccc(Br)cc1)Sc1cccc2cccnc12. The van der Waals surface area contributed by atoms with Crippen molar-refractivity contribution in [2.75, 3.05) is 0 Å². The third-order valence-corrected chi connectivity index (χ3v) is 6.70. The number of hydrogen-bond acceptors (Lipinski definition) is 4. The minimum absolute atomic E-state index is 0.00579. The van der Waals surface area contributed by atoms with Gasteiger partial charge in [-0.15, -0.1) is 0 Å². The molecular formula is C16H12BrNO2S2. The van der Waals surface area contributed by atoms with E-state index in [1.165, 1.54) is 0 Å². The van der Waals surface area contributed by atoms with Crippen LogP contribution in [0.1, 0.15) is 5.56 Å². The topological polar surface area (TPSA) is 47.0 Å². The molecule has 1 heterocycles. The van der Waals surface area contributed by atoms with E-state index in [4.69, 9.17) is 0 Å². The number of pyridine rings is 1. The second-order valence-corrected chi connectivity index (χ2v) is 9.69. The Balaban J connectivity index is 1.88. The second-order valence-electron chi connectivity index (χ2n) is 4.74. The van der Waals surface area contributed by atoms with E-state index in [2.05, 4.69) is 20.9 Å². The van der Waals surface area contributed by atoms with Crippen LogP contribution in [0.4, 0.5) is 0 Å². The van der Waals surface area contributed by atoms with Gasteiger partial charge in [0.15, 0.2) is 0 Å². The van der Waals surface area contributed by atoms with Gasteiger partial charge in [0.25, 0.3) is 0 Å². The minimum Gasteiger partial charge on any atom is -0.255 e. The largest absolute Gasteiger partial charge is 0.255 e. The summed E-state index contributed by atoms with van der Waals surface area (Å²) in [4.78, 5) is 4.95. The first-order chi connectivity index (χ1) is 10.5. The lowest BCUT2D eigenvalue weighted by Crippen LogP contribution is -1.99. The van der Waals surface area contributed by atoms with E-state index in [-0.39, 0.29) is 5.75 Å². The molecule has 0 aliphatic carbocycles. The predicted octanol–water partition coefficient (Wildman–Crippen LogP) is 4.62. The van der Waals surface area contributed by atoms with Crippen molar-refractivity contribution in [3.05, 3.63) is 70.8 Å². The van der Waals surface area contributed by atoms with Gasteiger partial charge < -0.3 is 0 Å². The van der Waals surface area contributed by atoms with Crippen molar-refractivity contribution >= 4 is 46.5 Å². The summed E-state index contributed by atoms with van der Waals surface area (Å²) >= 11 is 3.34. The monoisotopic (exact) mass is 393 g/mol. The van der Waals surface area contributed by atoms with Crippen LogP contribution in [0.2, 0.25) is 0 Å². The normalized spacial score (nSPS) is 11.7. The van der Waals surface area contributed by atoms with Gasteiger partial charge in [-0.3, -0.25) is 4.98 Å². The van der Waals surface area contributed by atoms with E-state index in [0.717, 1.165) is 31.7 Å². The van der Waals surface area contributed by atoms with E-state index >= 15 is 0 Å². The molecule has 0 N–H and O–H groups in total. The lowest BCUT2D eigenvalue weighted by Gasteiger charge is -2.06. The van der Waals surface area contributed by atoms with Crippen molar-refractivity contribution in [2.24, 2.45) is 0 Å². The van der Waals surface area contributed by atoms with Crippen LogP contribution >= 0.6 is 26.7 Å². The van der Waals surface area contributed by atoms with E-state index in [1.54, 1.807) is 12.3 Å². The van der Waals surface area contributed by atoms with Crippen LogP contribution in [0.5, 0.6) is 0 Å². The zero-order chi connectivity index (χ0) is 15.6. The molecule has 0 radical (unpaired) electrons. The molecule has 2 aromatic carbocycles. The van der Waals surface area contributed by atoms with Crippen molar-refractivity contribution in [3.8, 4) is 0 Å². The van der Waals surface area contributed by atoms with Crippen LogP contribution in [-0.4, -0.2) is 13.4 Å². The van der Waals surface area contributed by atoms with Gasteiger partial charge in [-0.25, -0.2) is 8.42 Å². The van der Waals surface area contributed by atoms with Gasteiger partial charge in [-0.2, -0.15) is 0 Å². The number of halogens is 1. The van der Waals surface area contributed by atoms with Crippen LogP contribution in [0.25, 0.3) is 10.9 Å². The van der Waals surface area contributed by atoms with Crippen LogP contribution < -0.4 is 0 Å². The summed E-state index contributed by atoms with van der Waals surface area (Å²) in [5.74, 6) is -0.00579. The molecule has 6 heteroatoms. The Morgan fingerprint density at radius 3 is 2.50 bits per heavy atom.